The van der Waals surface area contributed by atoms with E-state index in [1.54, 1.807) is 20.2 Å². The van der Waals surface area contributed by atoms with Crippen molar-refractivity contribution in [3.05, 3.63) is 18.3 Å². The Kier molecular flexibility index (Phi) is 4.57. The summed E-state index contributed by atoms with van der Waals surface area (Å²) in [5, 5.41) is 3.08. The number of rotatable bonds is 4. The van der Waals surface area contributed by atoms with Crippen LogP contribution in [0.2, 0.25) is 0 Å². The zero-order valence-corrected chi connectivity index (χ0v) is 9.86. The summed E-state index contributed by atoms with van der Waals surface area (Å²) in [5.74, 6) is 0.795. The van der Waals surface area contributed by atoms with Crippen molar-refractivity contribution in [2.45, 2.75) is 13.8 Å². The van der Waals surface area contributed by atoms with E-state index >= 15 is 0 Å². The van der Waals surface area contributed by atoms with Gasteiger partial charge in [0, 0.05) is 13.6 Å². The first kappa shape index (κ1) is 12.3. The molecule has 1 N–H and O–H groups in total. The first-order valence-corrected chi connectivity index (χ1v) is 5.29. The van der Waals surface area contributed by atoms with E-state index in [2.05, 4.69) is 10.3 Å². The molecule has 0 aliphatic rings. The molecule has 0 unspecified atom stereocenters. The lowest BCUT2D eigenvalue weighted by Gasteiger charge is -2.16. The molecule has 5 nitrogen and oxygen atoms in total. The quantitative estimate of drug-likeness (QED) is 0.849. The Labute approximate surface area is 95.4 Å². The predicted molar refractivity (Wildman–Crippen MR) is 63.8 cm³/mol. The van der Waals surface area contributed by atoms with Crippen LogP contribution in [0.15, 0.2) is 18.3 Å². The molecule has 5 heteroatoms. The molecule has 1 aromatic rings. The van der Waals surface area contributed by atoms with Gasteiger partial charge in [0.15, 0.2) is 0 Å². The number of hydrogen-bond donors (Lipinski definition) is 1. The van der Waals surface area contributed by atoms with Gasteiger partial charge in [-0.1, -0.05) is 0 Å². The minimum Gasteiger partial charge on any atom is -0.449 e. The van der Waals surface area contributed by atoms with Crippen molar-refractivity contribution >= 4 is 17.6 Å². The van der Waals surface area contributed by atoms with E-state index < -0.39 is 0 Å². The normalized spacial score (nSPS) is 9.69. The number of nitrogens with zero attached hydrogens (tertiary/aromatic N) is 2. The van der Waals surface area contributed by atoms with Crippen molar-refractivity contribution in [2.24, 2.45) is 0 Å². The van der Waals surface area contributed by atoms with E-state index in [0.717, 1.165) is 12.4 Å². The molecule has 0 radical (unpaired) electrons. The Balaban J connectivity index is 2.69. The van der Waals surface area contributed by atoms with Gasteiger partial charge in [-0.15, -0.1) is 0 Å². The van der Waals surface area contributed by atoms with E-state index in [9.17, 15) is 4.79 Å². The molecule has 0 atom stereocenters. The molecule has 1 heterocycles. The molecule has 0 saturated carbocycles. The van der Waals surface area contributed by atoms with E-state index in [0.29, 0.717) is 12.3 Å². The Hall–Kier alpha value is -1.78. The first-order chi connectivity index (χ1) is 7.69. The fourth-order valence-corrected chi connectivity index (χ4v) is 1.20. The van der Waals surface area contributed by atoms with Crippen LogP contribution in [0.1, 0.15) is 13.8 Å². The molecule has 16 heavy (non-hydrogen) atoms. The summed E-state index contributed by atoms with van der Waals surface area (Å²) in [6.07, 6.45) is 1.26. The minimum absolute atomic E-state index is 0.367. The van der Waals surface area contributed by atoms with E-state index in [4.69, 9.17) is 4.74 Å². The summed E-state index contributed by atoms with van der Waals surface area (Å²) in [4.78, 5) is 17.0. The molecule has 0 aromatic carbocycles. The maximum absolute atomic E-state index is 11.4. The average Bonchev–Trinajstić information content (AvgIpc) is 2.30. The van der Waals surface area contributed by atoms with Gasteiger partial charge in [-0.3, -0.25) is 4.90 Å². The highest BCUT2D eigenvalue weighted by molar-refractivity contribution is 5.86. The first-order valence-electron chi connectivity index (χ1n) is 5.29. The Morgan fingerprint density at radius 2 is 2.25 bits per heavy atom. The van der Waals surface area contributed by atoms with Gasteiger partial charge in [0.1, 0.15) is 5.82 Å². The van der Waals surface area contributed by atoms with Crippen molar-refractivity contribution in [1.29, 1.82) is 0 Å². The predicted octanol–water partition coefficient (Wildman–Crippen LogP) is 2.11. The summed E-state index contributed by atoms with van der Waals surface area (Å²) in [6, 6.07) is 3.65. The fraction of sp³-hybridized carbons (Fsp3) is 0.455. The standard InChI is InChI=1S/C11H17N3O2/c1-4-12-10-7-6-9(8-13-10)14(3)11(15)16-5-2/h6-8H,4-5H2,1-3H3,(H,12,13). The van der Waals surface area contributed by atoms with Gasteiger partial charge in [0.2, 0.25) is 0 Å². The van der Waals surface area contributed by atoms with Crippen LogP contribution in [0.25, 0.3) is 0 Å². The van der Waals surface area contributed by atoms with Crippen LogP contribution in [0, 0.1) is 0 Å². The van der Waals surface area contributed by atoms with Crippen molar-refractivity contribution in [2.75, 3.05) is 30.4 Å². The monoisotopic (exact) mass is 223 g/mol. The Morgan fingerprint density at radius 1 is 1.50 bits per heavy atom. The van der Waals surface area contributed by atoms with Crippen molar-refractivity contribution in [3.8, 4) is 0 Å². The Morgan fingerprint density at radius 3 is 2.75 bits per heavy atom. The van der Waals surface area contributed by atoms with E-state index in [-0.39, 0.29) is 6.09 Å². The number of hydrogen-bond acceptors (Lipinski definition) is 4. The third kappa shape index (κ3) is 3.12. The molecule has 1 aromatic heterocycles. The maximum Gasteiger partial charge on any atom is 0.414 e. The Bertz CT molecular complexity index is 338. The topological polar surface area (TPSA) is 54.5 Å². The smallest absolute Gasteiger partial charge is 0.414 e. The number of nitrogens with one attached hydrogen (secondary N) is 1. The number of aromatic nitrogens is 1. The van der Waals surface area contributed by atoms with Crippen molar-refractivity contribution < 1.29 is 9.53 Å². The van der Waals surface area contributed by atoms with Gasteiger partial charge in [0.05, 0.1) is 18.5 Å². The average molecular weight is 223 g/mol. The van der Waals surface area contributed by atoms with Crippen LogP contribution in [0.4, 0.5) is 16.3 Å². The minimum atomic E-state index is -0.375. The van der Waals surface area contributed by atoms with Crippen LogP contribution < -0.4 is 10.2 Å². The van der Waals surface area contributed by atoms with Crippen LogP contribution in [-0.4, -0.2) is 31.3 Å². The second-order valence-corrected chi connectivity index (χ2v) is 3.19. The summed E-state index contributed by atoms with van der Waals surface area (Å²) < 4.78 is 4.88. The van der Waals surface area contributed by atoms with E-state index in [1.807, 2.05) is 19.1 Å². The lowest BCUT2D eigenvalue weighted by molar-refractivity contribution is 0.161. The zero-order chi connectivity index (χ0) is 12.0. The second-order valence-electron chi connectivity index (χ2n) is 3.19. The van der Waals surface area contributed by atoms with Gasteiger partial charge in [0.25, 0.3) is 0 Å². The van der Waals surface area contributed by atoms with Gasteiger partial charge >= 0.3 is 6.09 Å². The molecule has 0 bridgehead atoms. The summed E-state index contributed by atoms with van der Waals surface area (Å²) in [6.45, 7) is 4.96. The zero-order valence-electron chi connectivity index (χ0n) is 9.86. The van der Waals surface area contributed by atoms with Crippen molar-refractivity contribution in [1.82, 2.24) is 4.98 Å². The number of carbonyl (C=O) groups is 1. The summed E-state index contributed by atoms with van der Waals surface area (Å²) in [7, 11) is 1.65. The molecule has 0 saturated heterocycles. The highest BCUT2D eigenvalue weighted by atomic mass is 16.6. The number of pyridine rings is 1. The molecule has 1 amide bonds. The molecular formula is C11H17N3O2. The van der Waals surface area contributed by atoms with Gasteiger partial charge < -0.3 is 10.1 Å². The lowest BCUT2D eigenvalue weighted by atomic mass is 10.4. The largest absolute Gasteiger partial charge is 0.449 e. The van der Waals surface area contributed by atoms with Crippen molar-refractivity contribution in [3.63, 3.8) is 0 Å². The number of anilines is 2. The van der Waals surface area contributed by atoms with Crippen LogP contribution in [-0.2, 0) is 4.74 Å². The second kappa shape index (κ2) is 5.95. The van der Waals surface area contributed by atoms with Gasteiger partial charge in [-0.2, -0.15) is 0 Å². The molecule has 0 aliphatic carbocycles. The SMILES string of the molecule is CCNc1ccc(N(C)C(=O)OCC)cn1. The van der Waals surface area contributed by atoms with E-state index in [1.165, 1.54) is 4.90 Å². The molecule has 0 aliphatic heterocycles. The lowest BCUT2D eigenvalue weighted by Crippen LogP contribution is -2.27. The number of carbonyl (C=O) groups excluding carboxylic acids is 1. The molecular weight excluding hydrogens is 206 g/mol. The van der Waals surface area contributed by atoms with Gasteiger partial charge in [-0.05, 0) is 26.0 Å². The number of ether oxygens (including phenoxy) is 1. The van der Waals surface area contributed by atoms with Crippen LogP contribution in [0.5, 0.6) is 0 Å². The molecule has 0 fully saturated rings. The van der Waals surface area contributed by atoms with Gasteiger partial charge in [-0.25, -0.2) is 9.78 Å². The highest BCUT2D eigenvalue weighted by Gasteiger charge is 2.11. The van der Waals surface area contributed by atoms with Crippen LogP contribution >= 0.6 is 0 Å². The third-order valence-electron chi connectivity index (χ3n) is 2.03. The number of amides is 1. The molecule has 88 valence electrons. The highest BCUT2D eigenvalue weighted by Crippen LogP contribution is 2.14. The molecule has 0 spiro atoms. The maximum atomic E-state index is 11.4. The molecule has 1 rings (SSSR count). The third-order valence-corrected chi connectivity index (χ3v) is 2.03. The summed E-state index contributed by atoms with van der Waals surface area (Å²) in [5.41, 5.74) is 0.708. The summed E-state index contributed by atoms with van der Waals surface area (Å²) >= 11 is 0. The fourth-order valence-electron chi connectivity index (χ4n) is 1.20. The van der Waals surface area contributed by atoms with Crippen LogP contribution in [0.3, 0.4) is 0 Å².